The maximum atomic E-state index is 3.54. The van der Waals surface area contributed by atoms with Gasteiger partial charge in [0, 0.05) is 22.2 Å². The third-order valence-corrected chi connectivity index (χ3v) is 3.54. The van der Waals surface area contributed by atoms with Gasteiger partial charge in [0.05, 0.1) is 0 Å². The normalized spacial score (nSPS) is 11.1. The summed E-state index contributed by atoms with van der Waals surface area (Å²) in [5.74, 6) is 0. The molecule has 0 bridgehead atoms. The first kappa shape index (κ1) is 11.1. The molecule has 1 heterocycles. The van der Waals surface area contributed by atoms with Crippen molar-refractivity contribution in [1.82, 2.24) is 4.98 Å². The minimum atomic E-state index is 1.21. The van der Waals surface area contributed by atoms with Crippen LogP contribution in [-0.2, 0) is 0 Å². The lowest BCUT2D eigenvalue weighted by Crippen LogP contribution is -1.84. The Bertz CT molecular complexity index is 720. The zero-order valence-electron chi connectivity index (χ0n) is 11.0. The van der Waals surface area contributed by atoms with Crippen molar-refractivity contribution in [2.24, 2.45) is 0 Å². The molecule has 0 aliphatic rings. The van der Waals surface area contributed by atoms with Crippen LogP contribution < -0.4 is 0 Å². The molecule has 3 aromatic rings. The highest BCUT2D eigenvalue weighted by molar-refractivity contribution is 5.88. The van der Waals surface area contributed by atoms with E-state index in [0.29, 0.717) is 0 Å². The van der Waals surface area contributed by atoms with Crippen LogP contribution in [0.4, 0.5) is 0 Å². The molecule has 1 aromatic heterocycles. The maximum absolute atomic E-state index is 3.54. The van der Waals surface area contributed by atoms with Crippen LogP contribution in [0.1, 0.15) is 16.7 Å². The van der Waals surface area contributed by atoms with Gasteiger partial charge in [-0.3, -0.25) is 0 Å². The van der Waals surface area contributed by atoms with Crippen LogP contribution in [0.3, 0.4) is 0 Å². The first-order valence-electron chi connectivity index (χ1n) is 6.31. The molecule has 1 nitrogen and oxygen atoms in total. The summed E-state index contributed by atoms with van der Waals surface area (Å²) in [6.07, 6.45) is 0. The molecule has 0 saturated carbocycles. The minimum Gasteiger partial charge on any atom is -0.354 e. The van der Waals surface area contributed by atoms with Crippen molar-refractivity contribution in [3.63, 3.8) is 0 Å². The standard InChI is InChI=1S/C17H17N/c1-11-7-8-15(13(3)9-11)16-10-14-6-4-5-12(2)17(14)18-16/h4-10,18H,1-3H3. The highest BCUT2D eigenvalue weighted by Gasteiger charge is 2.07. The quantitative estimate of drug-likeness (QED) is 0.626. The van der Waals surface area contributed by atoms with Crippen molar-refractivity contribution >= 4 is 10.9 Å². The van der Waals surface area contributed by atoms with Gasteiger partial charge in [-0.1, -0.05) is 42.0 Å². The Labute approximate surface area is 107 Å². The van der Waals surface area contributed by atoms with Crippen LogP contribution in [0.2, 0.25) is 0 Å². The lowest BCUT2D eigenvalue weighted by atomic mass is 10.0. The Hall–Kier alpha value is -2.02. The topological polar surface area (TPSA) is 15.8 Å². The molecular weight excluding hydrogens is 218 g/mol. The smallest absolute Gasteiger partial charge is 0.0488 e. The highest BCUT2D eigenvalue weighted by atomic mass is 14.7. The minimum absolute atomic E-state index is 1.21. The number of rotatable bonds is 1. The molecule has 0 unspecified atom stereocenters. The Morgan fingerprint density at radius 3 is 2.39 bits per heavy atom. The summed E-state index contributed by atoms with van der Waals surface area (Å²) in [4.78, 5) is 3.54. The molecule has 0 aliphatic carbocycles. The number of hydrogen-bond donors (Lipinski definition) is 1. The van der Waals surface area contributed by atoms with Crippen LogP contribution in [-0.4, -0.2) is 4.98 Å². The fraction of sp³-hybridized carbons (Fsp3) is 0.176. The summed E-state index contributed by atoms with van der Waals surface area (Å²) in [5.41, 5.74) is 7.66. The first-order valence-corrected chi connectivity index (χ1v) is 6.31. The molecule has 90 valence electrons. The van der Waals surface area contributed by atoms with E-state index in [4.69, 9.17) is 0 Å². The van der Waals surface area contributed by atoms with Gasteiger partial charge < -0.3 is 4.98 Å². The molecule has 0 amide bonds. The maximum Gasteiger partial charge on any atom is 0.0488 e. The molecule has 1 heteroatoms. The molecule has 3 rings (SSSR count). The van der Waals surface area contributed by atoms with E-state index >= 15 is 0 Å². The average Bonchev–Trinajstić information content (AvgIpc) is 2.74. The van der Waals surface area contributed by atoms with Gasteiger partial charge in [-0.05, 0) is 38.0 Å². The lowest BCUT2D eigenvalue weighted by molar-refractivity contribution is 1.34. The van der Waals surface area contributed by atoms with Crippen LogP contribution >= 0.6 is 0 Å². The number of H-pyrrole nitrogens is 1. The Morgan fingerprint density at radius 1 is 0.833 bits per heavy atom. The summed E-state index contributed by atoms with van der Waals surface area (Å²) in [6, 6.07) is 15.2. The second-order valence-corrected chi connectivity index (χ2v) is 5.04. The summed E-state index contributed by atoms with van der Waals surface area (Å²) in [7, 11) is 0. The van der Waals surface area contributed by atoms with Crippen LogP contribution in [0.15, 0.2) is 42.5 Å². The molecule has 0 radical (unpaired) electrons. The monoisotopic (exact) mass is 235 g/mol. The number of aromatic nitrogens is 1. The van der Waals surface area contributed by atoms with E-state index in [0.717, 1.165) is 0 Å². The Morgan fingerprint density at radius 2 is 1.67 bits per heavy atom. The van der Waals surface area contributed by atoms with Crippen LogP contribution in [0.5, 0.6) is 0 Å². The van der Waals surface area contributed by atoms with E-state index in [1.165, 1.54) is 38.9 Å². The molecular formula is C17H17N. The second-order valence-electron chi connectivity index (χ2n) is 5.04. The highest BCUT2D eigenvalue weighted by Crippen LogP contribution is 2.28. The van der Waals surface area contributed by atoms with Crippen LogP contribution in [0, 0.1) is 20.8 Å². The van der Waals surface area contributed by atoms with E-state index in [1.54, 1.807) is 0 Å². The average molecular weight is 235 g/mol. The molecule has 18 heavy (non-hydrogen) atoms. The van der Waals surface area contributed by atoms with Gasteiger partial charge in [-0.25, -0.2) is 0 Å². The first-order chi connectivity index (χ1) is 8.65. The molecule has 0 aliphatic heterocycles. The number of hydrogen-bond acceptors (Lipinski definition) is 0. The number of aryl methyl sites for hydroxylation is 3. The largest absolute Gasteiger partial charge is 0.354 e. The van der Waals surface area contributed by atoms with Gasteiger partial charge >= 0.3 is 0 Å². The van der Waals surface area contributed by atoms with E-state index in [-0.39, 0.29) is 0 Å². The SMILES string of the molecule is Cc1ccc(-c2cc3cccc(C)c3[nH]2)c(C)c1. The summed E-state index contributed by atoms with van der Waals surface area (Å²) in [6.45, 7) is 6.44. The molecule has 2 aromatic carbocycles. The Kier molecular flexibility index (Phi) is 2.48. The van der Waals surface area contributed by atoms with Gasteiger partial charge in [0.1, 0.15) is 0 Å². The van der Waals surface area contributed by atoms with Crippen molar-refractivity contribution in [3.8, 4) is 11.3 Å². The summed E-state index contributed by atoms with van der Waals surface area (Å²) >= 11 is 0. The van der Waals surface area contributed by atoms with E-state index in [2.05, 4.69) is 68.2 Å². The van der Waals surface area contributed by atoms with Gasteiger partial charge in [0.2, 0.25) is 0 Å². The van der Waals surface area contributed by atoms with Gasteiger partial charge in [-0.15, -0.1) is 0 Å². The number of fused-ring (bicyclic) bond motifs is 1. The fourth-order valence-corrected chi connectivity index (χ4v) is 2.57. The van der Waals surface area contributed by atoms with Crippen molar-refractivity contribution in [3.05, 3.63) is 59.2 Å². The van der Waals surface area contributed by atoms with Gasteiger partial charge in [0.15, 0.2) is 0 Å². The summed E-state index contributed by atoms with van der Waals surface area (Å²) < 4.78 is 0. The fourth-order valence-electron chi connectivity index (χ4n) is 2.57. The Balaban J connectivity index is 2.23. The number of para-hydroxylation sites is 1. The lowest BCUT2D eigenvalue weighted by Gasteiger charge is -2.04. The third kappa shape index (κ3) is 1.72. The van der Waals surface area contributed by atoms with Crippen molar-refractivity contribution < 1.29 is 0 Å². The molecule has 0 saturated heterocycles. The van der Waals surface area contributed by atoms with Gasteiger partial charge in [-0.2, -0.15) is 0 Å². The zero-order valence-corrected chi connectivity index (χ0v) is 11.0. The van der Waals surface area contributed by atoms with E-state index < -0.39 is 0 Å². The number of benzene rings is 2. The number of nitrogens with one attached hydrogen (secondary N) is 1. The van der Waals surface area contributed by atoms with Crippen molar-refractivity contribution in [1.29, 1.82) is 0 Å². The van der Waals surface area contributed by atoms with Crippen molar-refractivity contribution in [2.45, 2.75) is 20.8 Å². The molecule has 0 fully saturated rings. The molecule has 0 spiro atoms. The summed E-state index contributed by atoms with van der Waals surface area (Å²) in [5, 5.41) is 1.28. The van der Waals surface area contributed by atoms with Crippen molar-refractivity contribution in [2.75, 3.05) is 0 Å². The number of aromatic amines is 1. The molecule has 1 N–H and O–H groups in total. The zero-order chi connectivity index (χ0) is 12.7. The van der Waals surface area contributed by atoms with Crippen LogP contribution in [0.25, 0.3) is 22.2 Å². The van der Waals surface area contributed by atoms with E-state index in [9.17, 15) is 0 Å². The third-order valence-electron chi connectivity index (χ3n) is 3.54. The predicted molar refractivity (Wildman–Crippen MR) is 77.9 cm³/mol. The predicted octanol–water partition coefficient (Wildman–Crippen LogP) is 4.76. The second kappa shape index (κ2) is 4.02. The van der Waals surface area contributed by atoms with E-state index in [1.807, 2.05) is 0 Å². The van der Waals surface area contributed by atoms with Gasteiger partial charge in [0.25, 0.3) is 0 Å². The molecule has 0 atom stereocenters.